The molecule has 3 N–H and O–H groups in total. The number of carbonyl (C=O) groups excluding carboxylic acids is 2. The minimum Gasteiger partial charge on any atom is -0.485 e. The van der Waals surface area contributed by atoms with Crippen molar-refractivity contribution in [2.75, 3.05) is 10.6 Å². The summed E-state index contributed by atoms with van der Waals surface area (Å²) < 4.78 is 10.0. The predicted molar refractivity (Wildman–Crippen MR) is 110 cm³/mol. The first kappa shape index (κ1) is 20.8. The van der Waals surface area contributed by atoms with Gasteiger partial charge in [0.05, 0.1) is 5.56 Å². The zero-order valence-electron chi connectivity index (χ0n) is 16.6. The van der Waals surface area contributed by atoms with Crippen LogP contribution < -0.4 is 21.1 Å². The van der Waals surface area contributed by atoms with Crippen LogP contribution in [0.1, 0.15) is 36.5 Å². The van der Waals surface area contributed by atoms with Gasteiger partial charge in [-0.3, -0.25) is 19.1 Å². The standard InChI is InChI=1S/C21H22N4O5/c1-13(2)11-19(26)22-14-7-9-15(10-8-14)23-20(27)16-5-3-4-6-17(16)29-12-18-24-21(28)30-25-18/h3-10,13H,11-12H2,1-2H3,(H,22,26)(H,23,27)(H,24,25,28). The molecule has 0 spiro atoms. The van der Waals surface area contributed by atoms with Gasteiger partial charge in [-0.25, -0.2) is 4.79 Å². The van der Waals surface area contributed by atoms with Crippen LogP contribution in [0.2, 0.25) is 0 Å². The second-order valence-electron chi connectivity index (χ2n) is 7.00. The lowest BCUT2D eigenvalue weighted by Gasteiger charge is -2.11. The van der Waals surface area contributed by atoms with Gasteiger partial charge in [-0.1, -0.05) is 31.1 Å². The Bertz CT molecular complexity index is 1070. The molecule has 2 aromatic carbocycles. The molecule has 0 saturated carbocycles. The fourth-order valence-electron chi connectivity index (χ4n) is 2.67. The monoisotopic (exact) mass is 410 g/mol. The van der Waals surface area contributed by atoms with Gasteiger partial charge in [-0.05, 0) is 42.3 Å². The quantitative estimate of drug-likeness (QED) is 0.524. The first-order chi connectivity index (χ1) is 14.4. The number of ether oxygens (including phenoxy) is 1. The first-order valence-corrected chi connectivity index (χ1v) is 9.38. The summed E-state index contributed by atoms with van der Waals surface area (Å²) in [6.07, 6.45) is 0.442. The molecule has 2 amide bonds. The fraction of sp³-hybridized carbons (Fsp3) is 0.238. The maximum Gasteiger partial charge on any atom is 0.439 e. The van der Waals surface area contributed by atoms with Gasteiger partial charge in [0.25, 0.3) is 5.91 Å². The number of benzene rings is 2. The Balaban J connectivity index is 1.63. The molecule has 0 aliphatic heterocycles. The van der Waals surface area contributed by atoms with Crippen LogP contribution >= 0.6 is 0 Å². The number of hydrogen-bond acceptors (Lipinski definition) is 6. The molecule has 9 nitrogen and oxygen atoms in total. The molecule has 9 heteroatoms. The molecular formula is C21H22N4O5. The first-order valence-electron chi connectivity index (χ1n) is 9.38. The van der Waals surface area contributed by atoms with Gasteiger partial charge in [0.15, 0.2) is 5.82 Å². The Hall–Kier alpha value is -3.88. The number of H-pyrrole nitrogens is 1. The molecule has 0 fully saturated rings. The zero-order valence-corrected chi connectivity index (χ0v) is 16.6. The van der Waals surface area contributed by atoms with Crippen LogP contribution in [0, 0.1) is 5.92 Å². The van der Waals surface area contributed by atoms with E-state index in [1.807, 2.05) is 13.8 Å². The Kier molecular flexibility index (Phi) is 6.63. The van der Waals surface area contributed by atoms with E-state index in [0.29, 0.717) is 29.1 Å². The summed E-state index contributed by atoms with van der Waals surface area (Å²) in [7, 11) is 0. The van der Waals surface area contributed by atoms with Crippen molar-refractivity contribution in [3.8, 4) is 5.75 Å². The van der Waals surface area contributed by atoms with Gasteiger partial charge in [-0.2, -0.15) is 0 Å². The molecular weight excluding hydrogens is 388 g/mol. The third-order valence-electron chi connectivity index (χ3n) is 4.00. The van der Waals surface area contributed by atoms with Gasteiger partial charge < -0.3 is 15.4 Å². The van der Waals surface area contributed by atoms with Crippen LogP contribution in [0.5, 0.6) is 5.75 Å². The van der Waals surface area contributed by atoms with E-state index in [2.05, 4.69) is 25.3 Å². The molecule has 30 heavy (non-hydrogen) atoms. The van der Waals surface area contributed by atoms with Crippen molar-refractivity contribution in [1.82, 2.24) is 10.1 Å². The van der Waals surface area contributed by atoms with Crippen LogP contribution in [-0.4, -0.2) is 22.0 Å². The largest absolute Gasteiger partial charge is 0.485 e. The molecule has 0 bridgehead atoms. The molecule has 1 heterocycles. The second-order valence-corrected chi connectivity index (χ2v) is 7.00. The lowest BCUT2D eigenvalue weighted by atomic mass is 10.1. The number of rotatable bonds is 8. The summed E-state index contributed by atoms with van der Waals surface area (Å²) in [6, 6.07) is 13.5. The number of nitrogens with zero attached hydrogens (tertiary/aromatic N) is 1. The average Bonchev–Trinajstić information content (AvgIpc) is 3.12. The van der Waals surface area contributed by atoms with E-state index < -0.39 is 5.76 Å². The molecule has 0 radical (unpaired) electrons. The highest BCUT2D eigenvalue weighted by Crippen LogP contribution is 2.21. The summed E-state index contributed by atoms with van der Waals surface area (Å²) in [4.78, 5) is 37.9. The second kappa shape index (κ2) is 9.55. The van der Waals surface area contributed by atoms with E-state index >= 15 is 0 Å². The van der Waals surface area contributed by atoms with Crippen LogP contribution in [0.3, 0.4) is 0 Å². The summed E-state index contributed by atoms with van der Waals surface area (Å²) in [5, 5.41) is 9.13. The normalized spacial score (nSPS) is 10.6. The average molecular weight is 410 g/mol. The molecule has 3 aromatic rings. The molecule has 0 aliphatic rings. The van der Waals surface area contributed by atoms with Crippen molar-refractivity contribution in [3.05, 3.63) is 70.5 Å². The summed E-state index contributed by atoms with van der Waals surface area (Å²) in [5.74, 6) is -0.280. The number of aromatic nitrogens is 2. The third kappa shape index (κ3) is 5.81. The topological polar surface area (TPSA) is 126 Å². The molecule has 0 unspecified atom stereocenters. The highest BCUT2D eigenvalue weighted by atomic mass is 16.5. The molecule has 156 valence electrons. The van der Waals surface area contributed by atoms with Crippen molar-refractivity contribution < 1.29 is 18.8 Å². The molecule has 3 rings (SSSR count). The minimum absolute atomic E-state index is 0.0543. The minimum atomic E-state index is -0.677. The summed E-state index contributed by atoms with van der Waals surface area (Å²) in [5.41, 5.74) is 1.54. The van der Waals surface area contributed by atoms with E-state index in [4.69, 9.17) is 4.74 Å². The van der Waals surface area contributed by atoms with E-state index in [9.17, 15) is 14.4 Å². The number of carbonyl (C=O) groups is 2. The Labute approximate surface area is 172 Å². The van der Waals surface area contributed by atoms with Crippen LogP contribution in [-0.2, 0) is 11.4 Å². The van der Waals surface area contributed by atoms with Crippen LogP contribution in [0.15, 0.2) is 57.8 Å². The van der Waals surface area contributed by atoms with Gasteiger partial charge >= 0.3 is 5.76 Å². The van der Waals surface area contributed by atoms with Crippen molar-refractivity contribution in [2.45, 2.75) is 26.9 Å². The highest BCUT2D eigenvalue weighted by Gasteiger charge is 2.14. The number of anilines is 2. The van der Waals surface area contributed by atoms with E-state index in [1.165, 1.54) is 0 Å². The number of nitrogens with one attached hydrogen (secondary N) is 3. The van der Waals surface area contributed by atoms with Crippen molar-refractivity contribution in [1.29, 1.82) is 0 Å². The maximum atomic E-state index is 12.7. The summed E-state index contributed by atoms with van der Waals surface area (Å²) >= 11 is 0. The van der Waals surface area contributed by atoms with Crippen LogP contribution in [0.4, 0.5) is 11.4 Å². The number of amides is 2. The van der Waals surface area contributed by atoms with Gasteiger partial charge in [0, 0.05) is 17.8 Å². The Morgan fingerprint density at radius 1 is 1.07 bits per heavy atom. The molecule has 0 atom stereocenters. The molecule has 0 saturated heterocycles. The smallest absolute Gasteiger partial charge is 0.439 e. The van der Waals surface area contributed by atoms with Gasteiger partial charge in [-0.15, -0.1) is 0 Å². The number of aromatic amines is 1. The maximum absolute atomic E-state index is 12.7. The zero-order chi connectivity index (χ0) is 21.5. The lowest BCUT2D eigenvalue weighted by Crippen LogP contribution is -2.15. The van der Waals surface area contributed by atoms with E-state index in [0.717, 1.165) is 0 Å². The van der Waals surface area contributed by atoms with Crippen molar-refractivity contribution in [3.63, 3.8) is 0 Å². The van der Waals surface area contributed by atoms with E-state index in [-0.39, 0.29) is 30.2 Å². The molecule has 0 aliphatic carbocycles. The third-order valence-corrected chi connectivity index (χ3v) is 4.00. The SMILES string of the molecule is CC(C)CC(=O)Nc1ccc(NC(=O)c2ccccc2OCc2noc(=O)[nH]2)cc1. The Morgan fingerprint density at radius 3 is 2.37 bits per heavy atom. The Morgan fingerprint density at radius 2 is 1.73 bits per heavy atom. The number of para-hydroxylation sites is 1. The van der Waals surface area contributed by atoms with Gasteiger partial charge in [0.2, 0.25) is 5.91 Å². The van der Waals surface area contributed by atoms with Crippen LogP contribution in [0.25, 0.3) is 0 Å². The molecule has 1 aromatic heterocycles. The highest BCUT2D eigenvalue weighted by molar-refractivity contribution is 6.06. The lowest BCUT2D eigenvalue weighted by molar-refractivity contribution is -0.116. The van der Waals surface area contributed by atoms with Crippen molar-refractivity contribution >= 4 is 23.2 Å². The summed E-state index contributed by atoms with van der Waals surface area (Å²) in [6.45, 7) is 3.90. The predicted octanol–water partition coefficient (Wildman–Crippen LogP) is 3.18. The van der Waals surface area contributed by atoms with Crippen molar-refractivity contribution in [2.24, 2.45) is 5.92 Å². The number of hydrogen-bond donors (Lipinski definition) is 3. The van der Waals surface area contributed by atoms with Gasteiger partial charge in [0.1, 0.15) is 12.4 Å². The fourth-order valence-corrected chi connectivity index (χ4v) is 2.67. The van der Waals surface area contributed by atoms with E-state index in [1.54, 1.807) is 48.5 Å².